The molecule has 0 saturated carbocycles. The van der Waals surface area contributed by atoms with Crippen molar-refractivity contribution in [3.05, 3.63) is 56.6 Å². The molecule has 0 atom stereocenters. The fraction of sp³-hybridized carbons (Fsp3) is 0.143. The van der Waals surface area contributed by atoms with Crippen molar-refractivity contribution in [1.29, 1.82) is 0 Å². The Balaban J connectivity index is 1.97. The highest BCUT2D eigenvalue weighted by Crippen LogP contribution is 2.34. The smallest absolute Gasteiger partial charge is 0.284 e. The SMILES string of the molecule is Cn1cnnc1Sc1ccc(C(=O)N=c2sccn2C)cc1[N+](=O)[O-]. The fourth-order valence-corrected chi connectivity index (χ4v) is 3.51. The number of nitrogens with zero attached hydrogens (tertiary/aromatic N) is 6. The number of rotatable bonds is 4. The topological polar surface area (TPSA) is 108 Å². The molecule has 11 heteroatoms. The van der Waals surface area contributed by atoms with Gasteiger partial charge in [-0.15, -0.1) is 21.5 Å². The Morgan fingerprint density at radius 1 is 1.36 bits per heavy atom. The average molecular weight is 376 g/mol. The van der Waals surface area contributed by atoms with Gasteiger partial charge in [-0.1, -0.05) is 0 Å². The summed E-state index contributed by atoms with van der Waals surface area (Å²) in [6, 6.07) is 4.28. The van der Waals surface area contributed by atoms with E-state index in [-0.39, 0.29) is 11.3 Å². The van der Waals surface area contributed by atoms with Crippen LogP contribution < -0.4 is 4.80 Å². The quantitative estimate of drug-likeness (QED) is 0.509. The predicted octanol–water partition coefficient (Wildman–Crippen LogP) is 2.02. The van der Waals surface area contributed by atoms with Crippen LogP contribution >= 0.6 is 23.1 Å². The molecule has 0 spiro atoms. The van der Waals surface area contributed by atoms with Crippen LogP contribution in [-0.2, 0) is 14.1 Å². The number of hydrogen-bond donors (Lipinski definition) is 0. The lowest BCUT2D eigenvalue weighted by Crippen LogP contribution is -2.12. The summed E-state index contributed by atoms with van der Waals surface area (Å²) < 4.78 is 3.36. The molecular formula is C14H12N6O3S2. The molecule has 25 heavy (non-hydrogen) atoms. The first-order valence-electron chi connectivity index (χ1n) is 6.95. The van der Waals surface area contributed by atoms with Gasteiger partial charge in [-0.05, 0) is 23.9 Å². The first-order chi connectivity index (χ1) is 12.0. The third kappa shape index (κ3) is 3.67. The van der Waals surface area contributed by atoms with Crippen LogP contribution in [0.4, 0.5) is 5.69 Å². The summed E-state index contributed by atoms with van der Waals surface area (Å²) in [5, 5.41) is 21.3. The van der Waals surface area contributed by atoms with E-state index >= 15 is 0 Å². The van der Waals surface area contributed by atoms with Crippen LogP contribution in [0.25, 0.3) is 0 Å². The Hall–Kier alpha value is -2.79. The number of nitro benzene ring substituents is 1. The Kier molecular flexibility index (Phi) is 4.76. The minimum absolute atomic E-state index is 0.155. The number of aryl methyl sites for hydroxylation is 2. The molecule has 0 N–H and O–H groups in total. The molecule has 0 radical (unpaired) electrons. The summed E-state index contributed by atoms with van der Waals surface area (Å²) in [5.41, 5.74) is -0.0213. The standard InChI is InChI=1S/C14H12N6O3S2/c1-18-5-6-24-13(18)16-12(21)9-3-4-11(10(7-9)20(22)23)25-14-17-15-8-19(14)2/h3-8H,1-2H3. The summed E-state index contributed by atoms with van der Waals surface area (Å²) in [4.78, 5) is 28.0. The second-order valence-electron chi connectivity index (χ2n) is 4.98. The van der Waals surface area contributed by atoms with Crippen molar-refractivity contribution < 1.29 is 9.72 Å². The molecule has 0 fully saturated rings. The van der Waals surface area contributed by atoms with Crippen LogP contribution in [0.15, 0.2) is 51.1 Å². The van der Waals surface area contributed by atoms with E-state index in [0.717, 1.165) is 11.8 Å². The molecule has 0 aliphatic carbocycles. The van der Waals surface area contributed by atoms with Gasteiger partial charge in [0.05, 0.1) is 9.82 Å². The largest absolute Gasteiger partial charge is 0.327 e. The van der Waals surface area contributed by atoms with E-state index in [1.807, 2.05) is 0 Å². The van der Waals surface area contributed by atoms with Gasteiger partial charge in [-0.2, -0.15) is 4.99 Å². The van der Waals surface area contributed by atoms with E-state index in [9.17, 15) is 14.9 Å². The number of aromatic nitrogens is 4. The van der Waals surface area contributed by atoms with Gasteiger partial charge in [0.1, 0.15) is 6.33 Å². The van der Waals surface area contributed by atoms with Crippen molar-refractivity contribution in [3.63, 3.8) is 0 Å². The lowest BCUT2D eigenvalue weighted by Gasteiger charge is -2.03. The maximum absolute atomic E-state index is 12.3. The highest BCUT2D eigenvalue weighted by atomic mass is 32.2. The van der Waals surface area contributed by atoms with Crippen molar-refractivity contribution in [2.45, 2.75) is 10.1 Å². The molecule has 2 aromatic heterocycles. The Morgan fingerprint density at radius 2 is 2.16 bits per heavy atom. The summed E-state index contributed by atoms with van der Waals surface area (Å²) >= 11 is 2.42. The van der Waals surface area contributed by atoms with Crippen molar-refractivity contribution in [1.82, 2.24) is 19.3 Å². The summed E-state index contributed by atoms with van der Waals surface area (Å²) in [6.07, 6.45) is 3.28. The molecule has 0 unspecified atom stereocenters. The molecule has 0 saturated heterocycles. The van der Waals surface area contributed by atoms with Crippen molar-refractivity contribution in [2.24, 2.45) is 19.1 Å². The molecule has 0 aliphatic heterocycles. The minimum atomic E-state index is -0.531. The third-order valence-electron chi connectivity index (χ3n) is 3.23. The van der Waals surface area contributed by atoms with Gasteiger partial charge in [-0.25, -0.2) is 0 Å². The van der Waals surface area contributed by atoms with E-state index in [1.54, 1.807) is 34.8 Å². The maximum Gasteiger partial charge on any atom is 0.284 e. The second kappa shape index (κ2) is 6.99. The van der Waals surface area contributed by atoms with Crippen LogP contribution in [0.1, 0.15) is 10.4 Å². The third-order valence-corrected chi connectivity index (χ3v) is 5.20. The van der Waals surface area contributed by atoms with Crippen LogP contribution in [0, 0.1) is 10.1 Å². The minimum Gasteiger partial charge on any atom is -0.327 e. The number of carbonyl (C=O) groups is 1. The van der Waals surface area contributed by atoms with Gasteiger partial charge in [0.15, 0.2) is 9.96 Å². The van der Waals surface area contributed by atoms with Gasteiger partial charge in [0.25, 0.3) is 11.6 Å². The number of benzene rings is 1. The molecule has 3 aromatic rings. The lowest BCUT2D eigenvalue weighted by atomic mass is 10.2. The maximum atomic E-state index is 12.3. The first-order valence-corrected chi connectivity index (χ1v) is 8.65. The average Bonchev–Trinajstić information content (AvgIpc) is 3.16. The molecule has 0 aliphatic rings. The van der Waals surface area contributed by atoms with E-state index < -0.39 is 10.8 Å². The number of hydrogen-bond acceptors (Lipinski definition) is 7. The van der Waals surface area contributed by atoms with Crippen LogP contribution in [0.3, 0.4) is 0 Å². The Bertz CT molecular complexity index is 1020. The fourth-order valence-electron chi connectivity index (χ4n) is 1.93. The van der Waals surface area contributed by atoms with Gasteiger partial charge in [-0.3, -0.25) is 14.9 Å². The van der Waals surface area contributed by atoms with Crippen LogP contribution in [0.5, 0.6) is 0 Å². The van der Waals surface area contributed by atoms with Crippen LogP contribution in [0.2, 0.25) is 0 Å². The monoisotopic (exact) mass is 376 g/mol. The zero-order valence-electron chi connectivity index (χ0n) is 13.2. The lowest BCUT2D eigenvalue weighted by molar-refractivity contribution is -0.387. The predicted molar refractivity (Wildman–Crippen MR) is 91.4 cm³/mol. The van der Waals surface area contributed by atoms with E-state index in [2.05, 4.69) is 15.2 Å². The molecule has 9 nitrogen and oxygen atoms in total. The molecule has 2 heterocycles. The number of carbonyl (C=O) groups excluding carboxylic acids is 1. The summed E-state index contributed by atoms with van der Waals surface area (Å²) in [6.45, 7) is 0. The summed E-state index contributed by atoms with van der Waals surface area (Å²) in [5.74, 6) is -0.531. The van der Waals surface area contributed by atoms with E-state index in [4.69, 9.17) is 0 Å². The number of amides is 1. The highest BCUT2D eigenvalue weighted by molar-refractivity contribution is 7.99. The van der Waals surface area contributed by atoms with Crippen molar-refractivity contribution in [2.75, 3.05) is 0 Å². The molecule has 1 aromatic carbocycles. The molecule has 1 amide bonds. The number of nitro groups is 1. The Labute approximate surface area is 149 Å². The molecule has 128 valence electrons. The zero-order valence-corrected chi connectivity index (χ0v) is 14.8. The van der Waals surface area contributed by atoms with Gasteiger partial charge < -0.3 is 9.13 Å². The van der Waals surface area contributed by atoms with Gasteiger partial charge in [0, 0.05) is 37.3 Å². The zero-order chi connectivity index (χ0) is 18.0. The Morgan fingerprint density at radius 3 is 2.76 bits per heavy atom. The van der Waals surface area contributed by atoms with Gasteiger partial charge >= 0.3 is 0 Å². The molecule has 0 bridgehead atoms. The first kappa shape index (κ1) is 17.0. The van der Waals surface area contributed by atoms with Crippen molar-refractivity contribution >= 4 is 34.7 Å². The number of thiazole rings is 1. The normalized spacial score (nSPS) is 11.7. The second-order valence-corrected chi connectivity index (χ2v) is 6.86. The molecule has 3 rings (SSSR count). The summed E-state index contributed by atoms with van der Waals surface area (Å²) in [7, 11) is 3.51. The van der Waals surface area contributed by atoms with Gasteiger partial charge in [0.2, 0.25) is 0 Å². The van der Waals surface area contributed by atoms with E-state index in [0.29, 0.717) is 14.9 Å². The van der Waals surface area contributed by atoms with Crippen molar-refractivity contribution in [3.8, 4) is 0 Å². The highest BCUT2D eigenvalue weighted by Gasteiger charge is 2.20. The molecular weight excluding hydrogens is 364 g/mol. The van der Waals surface area contributed by atoms with E-state index in [1.165, 1.54) is 35.9 Å². The van der Waals surface area contributed by atoms with Crippen LogP contribution in [-0.4, -0.2) is 30.2 Å².